The van der Waals surface area contributed by atoms with E-state index in [1.54, 1.807) is 13.2 Å². The van der Waals surface area contributed by atoms with E-state index in [0.29, 0.717) is 5.15 Å². The molecule has 2 rings (SSSR count). The number of rotatable bonds is 4. The van der Waals surface area contributed by atoms with Gasteiger partial charge in [0.2, 0.25) is 5.95 Å². The molecule has 0 saturated heterocycles. The van der Waals surface area contributed by atoms with Crippen molar-refractivity contribution < 1.29 is 4.74 Å². The molecule has 1 aromatic carbocycles. The lowest BCUT2D eigenvalue weighted by Gasteiger charge is -2.07. The predicted octanol–water partition coefficient (Wildman–Crippen LogP) is 3.01. The Balaban J connectivity index is 2.11. The third-order valence-electron chi connectivity index (χ3n) is 2.26. The minimum atomic E-state index is 0.185. The molecule has 0 saturated carbocycles. The van der Waals surface area contributed by atoms with Gasteiger partial charge >= 0.3 is 0 Å². The van der Waals surface area contributed by atoms with Crippen LogP contribution < -0.4 is 10.5 Å². The van der Waals surface area contributed by atoms with Gasteiger partial charge in [0.25, 0.3) is 0 Å². The van der Waals surface area contributed by atoms with Crippen molar-refractivity contribution in [1.29, 1.82) is 0 Å². The molecule has 0 aliphatic carbocycles. The second-order valence-electron chi connectivity index (χ2n) is 3.49. The van der Waals surface area contributed by atoms with Gasteiger partial charge in [-0.05, 0) is 6.07 Å². The van der Waals surface area contributed by atoms with Crippen LogP contribution in [0.1, 0.15) is 5.56 Å². The monoisotopic (exact) mass is 281 g/mol. The Labute approximate surface area is 115 Å². The van der Waals surface area contributed by atoms with Crippen molar-refractivity contribution in [3.8, 4) is 5.75 Å². The zero-order valence-electron chi connectivity index (χ0n) is 9.76. The Kier molecular flexibility index (Phi) is 4.28. The molecular formula is C12H12ClN3OS. The van der Waals surface area contributed by atoms with E-state index in [1.165, 1.54) is 11.8 Å². The van der Waals surface area contributed by atoms with Crippen LogP contribution in [0.3, 0.4) is 0 Å². The SMILES string of the molecule is COc1ccccc1CSc1cc(Cl)nc(N)n1. The van der Waals surface area contributed by atoms with E-state index in [9.17, 15) is 0 Å². The molecule has 0 atom stereocenters. The average molecular weight is 282 g/mol. The van der Waals surface area contributed by atoms with Crippen molar-refractivity contribution in [2.75, 3.05) is 12.8 Å². The van der Waals surface area contributed by atoms with E-state index in [0.717, 1.165) is 22.1 Å². The number of aromatic nitrogens is 2. The van der Waals surface area contributed by atoms with Crippen molar-refractivity contribution in [2.45, 2.75) is 10.8 Å². The van der Waals surface area contributed by atoms with Gasteiger partial charge < -0.3 is 10.5 Å². The average Bonchev–Trinajstić information content (AvgIpc) is 2.35. The molecule has 18 heavy (non-hydrogen) atoms. The van der Waals surface area contributed by atoms with Crippen molar-refractivity contribution in [1.82, 2.24) is 9.97 Å². The molecule has 94 valence electrons. The second-order valence-corrected chi connectivity index (χ2v) is 4.87. The third kappa shape index (κ3) is 3.27. The van der Waals surface area contributed by atoms with E-state index in [4.69, 9.17) is 22.1 Å². The lowest BCUT2D eigenvalue weighted by molar-refractivity contribution is 0.411. The van der Waals surface area contributed by atoms with E-state index in [1.807, 2.05) is 24.3 Å². The van der Waals surface area contributed by atoms with E-state index < -0.39 is 0 Å². The summed E-state index contributed by atoms with van der Waals surface area (Å²) >= 11 is 7.36. The van der Waals surface area contributed by atoms with E-state index >= 15 is 0 Å². The number of para-hydroxylation sites is 1. The quantitative estimate of drug-likeness (QED) is 0.689. The number of nitrogens with two attached hydrogens (primary N) is 1. The molecule has 0 spiro atoms. The van der Waals surface area contributed by atoms with Gasteiger partial charge in [-0.15, -0.1) is 11.8 Å². The first kappa shape index (κ1) is 13.0. The molecule has 1 heterocycles. The molecule has 1 aromatic heterocycles. The Morgan fingerprint density at radius 3 is 2.83 bits per heavy atom. The number of methoxy groups -OCH3 is 1. The van der Waals surface area contributed by atoms with Crippen molar-refractivity contribution in [2.24, 2.45) is 0 Å². The van der Waals surface area contributed by atoms with Gasteiger partial charge in [0, 0.05) is 17.4 Å². The smallest absolute Gasteiger partial charge is 0.222 e. The summed E-state index contributed by atoms with van der Waals surface area (Å²) in [6, 6.07) is 9.54. The highest BCUT2D eigenvalue weighted by molar-refractivity contribution is 7.98. The van der Waals surface area contributed by atoms with Crippen LogP contribution in [0.15, 0.2) is 35.4 Å². The van der Waals surface area contributed by atoms with E-state index in [-0.39, 0.29) is 5.95 Å². The zero-order chi connectivity index (χ0) is 13.0. The lowest BCUT2D eigenvalue weighted by atomic mass is 10.2. The molecule has 6 heteroatoms. The Morgan fingerprint density at radius 2 is 2.11 bits per heavy atom. The van der Waals surface area contributed by atoms with Crippen LogP contribution in [0, 0.1) is 0 Å². The normalized spacial score (nSPS) is 10.3. The van der Waals surface area contributed by atoms with Crippen LogP contribution in [0.4, 0.5) is 5.95 Å². The first-order valence-corrected chi connectivity index (χ1v) is 6.60. The molecule has 2 N–H and O–H groups in total. The number of ether oxygens (including phenoxy) is 1. The van der Waals surface area contributed by atoms with Crippen LogP contribution in [-0.2, 0) is 5.75 Å². The minimum Gasteiger partial charge on any atom is -0.496 e. The fraction of sp³-hybridized carbons (Fsp3) is 0.167. The van der Waals surface area contributed by atoms with Gasteiger partial charge in [-0.1, -0.05) is 29.8 Å². The fourth-order valence-electron chi connectivity index (χ4n) is 1.46. The number of benzene rings is 1. The number of nitrogens with zero attached hydrogens (tertiary/aromatic N) is 2. The van der Waals surface area contributed by atoms with Crippen LogP contribution in [0.25, 0.3) is 0 Å². The third-order valence-corrected chi connectivity index (χ3v) is 3.41. The van der Waals surface area contributed by atoms with Crippen molar-refractivity contribution in [3.63, 3.8) is 0 Å². The van der Waals surface area contributed by atoms with Gasteiger partial charge in [-0.25, -0.2) is 9.97 Å². The molecule has 0 fully saturated rings. The standard InChI is InChI=1S/C12H12ClN3OS/c1-17-9-5-3-2-4-8(9)7-18-11-6-10(13)15-12(14)16-11/h2-6H,7H2,1H3,(H2,14,15,16). The summed E-state index contributed by atoms with van der Waals surface area (Å²) < 4.78 is 5.28. The van der Waals surface area contributed by atoms with Crippen LogP contribution in [-0.4, -0.2) is 17.1 Å². The molecule has 4 nitrogen and oxygen atoms in total. The summed E-state index contributed by atoms with van der Waals surface area (Å²) in [4.78, 5) is 7.93. The molecule has 0 aliphatic rings. The molecule has 0 radical (unpaired) electrons. The maximum atomic E-state index is 5.82. The highest BCUT2D eigenvalue weighted by Gasteiger charge is 2.05. The van der Waals surface area contributed by atoms with Crippen molar-refractivity contribution in [3.05, 3.63) is 41.0 Å². The molecule has 0 bridgehead atoms. The maximum Gasteiger partial charge on any atom is 0.222 e. The van der Waals surface area contributed by atoms with Crippen LogP contribution in [0.2, 0.25) is 5.15 Å². The topological polar surface area (TPSA) is 61.0 Å². The van der Waals surface area contributed by atoms with Crippen molar-refractivity contribution >= 4 is 29.3 Å². The number of hydrogen-bond acceptors (Lipinski definition) is 5. The Morgan fingerprint density at radius 1 is 1.33 bits per heavy atom. The largest absolute Gasteiger partial charge is 0.496 e. The number of nitrogen functional groups attached to an aromatic ring is 1. The fourth-order valence-corrected chi connectivity index (χ4v) is 2.61. The highest BCUT2D eigenvalue weighted by atomic mass is 35.5. The van der Waals surface area contributed by atoms with Gasteiger partial charge in [-0.2, -0.15) is 0 Å². The number of halogens is 1. The van der Waals surface area contributed by atoms with Gasteiger partial charge in [0.15, 0.2) is 0 Å². The second kappa shape index (κ2) is 5.93. The summed E-state index contributed by atoms with van der Waals surface area (Å²) in [7, 11) is 1.66. The van der Waals surface area contributed by atoms with Gasteiger partial charge in [-0.3, -0.25) is 0 Å². The van der Waals surface area contributed by atoms with E-state index in [2.05, 4.69) is 9.97 Å². The molecular weight excluding hydrogens is 270 g/mol. The minimum absolute atomic E-state index is 0.185. The number of thioether (sulfide) groups is 1. The van der Waals surface area contributed by atoms with Gasteiger partial charge in [0.1, 0.15) is 15.9 Å². The molecule has 0 unspecified atom stereocenters. The number of anilines is 1. The predicted molar refractivity (Wildman–Crippen MR) is 74.0 cm³/mol. The summed E-state index contributed by atoms with van der Waals surface area (Å²) in [5, 5.41) is 1.10. The lowest BCUT2D eigenvalue weighted by Crippen LogP contribution is -1.96. The summed E-state index contributed by atoms with van der Waals surface area (Å²) in [6.45, 7) is 0. The molecule has 0 amide bonds. The Bertz CT molecular complexity index is 530. The summed E-state index contributed by atoms with van der Waals surface area (Å²) in [5.41, 5.74) is 6.64. The Hall–Kier alpha value is -1.46. The first-order valence-electron chi connectivity index (χ1n) is 5.24. The summed E-state index contributed by atoms with van der Waals surface area (Å²) in [5.74, 6) is 1.78. The highest BCUT2D eigenvalue weighted by Crippen LogP contribution is 2.27. The van der Waals surface area contributed by atoms with Crippen LogP contribution in [0.5, 0.6) is 5.75 Å². The zero-order valence-corrected chi connectivity index (χ0v) is 11.3. The number of hydrogen-bond donors (Lipinski definition) is 1. The maximum absolute atomic E-state index is 5.82. The molecule has 2 aromatic rings. The molecule has 0 aliphatic heterocycles. The van der Waals surface area contributed by atoms with Gasteiger partial charge in [0.05, 0.1) is 7.11 Å². The summed E-state index contributed by atoms with van der Waals surface area (Å²) in [6.07, 6.45) is 0. The van der Waals surface area contributed by atoms with Crippen LogP contribution >= 0.6 is 23.4 Å². The first-order chi connectivity index (χ1) is 8.69.